The molecule has 2 unspecified atom stereocenters. The normalized spacial score (nSPS) is 20.2. The fourth-order valence-corrected chi connectivity index (χ4v) is 3.00. The predicted octanol–water partition coefficient (Wildman–Crippen LogP) is 2.73. The maximum absolute atomic E-state index is 5.14. The van der Waals surface area contributed by atoms with Crippen molar-refractivity contribution in [3.8, 4) is 0 Å². The van der Waals surface area contributed by atoms with E-state index in [0.717, 1.165) is 13.0 Å². The Morgan fingerprint density at radius 3 is 3.00 bits per heavy atom. The van der Waals surface area contributed by atoms with Crippen molar-refractivity contribution in [3.63, 3.8) is 0 Å². The van der Waals surface area contributed by atoms with Crippen LogP contribution in [-0.2, 0) is 11.2 Å². The standard InChI is InChI=1S/C15H23NO/c1-16-15(8-5-11-17-2)14-10-9-12-6-3-4-7-13(12)14/h3-4,6-7,14-16H,5,8-11H2,1-2H3. The van der Waals surface area contributed by atoms with Crippen molar-refractivity contribution in [3.05, 3.63) is 35.4 Å². The molecule has 0 saturated carbocycles. The molecule has 1 aliphatic carbocycles. The molecule has 2 atom stereocenters. The highest BCUT2D eigenvalue weighted by molar-refractivity contribution is 5.35. The number of nitrogens with one attached hydrogen (secondary N) is 1. The Bertz CT molecular complexity index is 351. The molecule has 0 aromatic heterocycles. The van der Waals surface area contributed by atoms with Crippen molar-refractivity contribution in [2.75, 3.05) is 20.8 Å². The van der Waals surface area contributed by atoms with Crippen LogP contribution < -0.4 is 5.32 Å². The van der Waals surface area contributed by atoms with Gasteiger partial charge in [0.15, 0.2) is 0 Å². The average Bonchev–Trinajstić information content (AvgIpc) is 2.79. The van der Waals surface area contributed by atoms with Crippen molar-refractivity contribution >= 4 is 0 Å². The van der Waals surface area contributed by atoms with Crippen LogP contribution in [0, 0.1) is 0 Å². The molecule has 0 amide bonds. The summed E-state index contributed by atoms with van der Waals surface area (Å²) in [6.45, 7) is 0.868. The highest BCUT2D eigenvalue weighted by Crippen LogP contribution is 2.36. The summed E-state index contributed by atoms with van der Waals surface area (Å²) in [6, 6.07) is 9.48. The van der Waals surface area contributed by atoms with Crippen molar-refractivity contribution in [1.29, 1.82) is 0 Å². The minimum Gasteiger partial charge on any atom is -0.385 e. The zero-order valence-electron chi connectivity index (χ0n) is 10.9. The summed E-state index contributed by atoms with van der Waals surface area (Å²) < 4.78 is 5.14. The van der Waals surface area contributed by atoms with Crippen LogP contribution in [0.2, 0.25) is 0 Å². The van der Waals surface area contributed by atoms with Crippen molar-refractivity contribution in [2.24, 2.45) is 0 Å². The molecular formula is C15H23NO. The van der Waals surface area contributed by atoms with Crippen LogP contribution in [0.4, 0.5) is 0 Å². The zero-order chi connectivity index (χ0) is 12.1. The fraction of sp³-hybridized carbons (Fsp3) is 0.600. The van der Waals surface area contributed by atoms with E-state index in [2.05, 4.69) is 36.6 Å². The van der Waals surface area contributed by atoms with Crippen LogP contribution in [0.1, 0.15) is 36.3 Å². The second-order valence-corrected chi connectivity index (χ2v) is 4.87. The second kappa shape index (κ2) is 6.18. The quantitative estimate of drug-likeness (QED) is 0.763. The lowest BCUT2D eigenvalue weighted by Gasteiger charge is -2.24. The van der Waals surface area contributed by atoms with Gasteiger partial charge in [0.2, 0.25) is 0 Å². The molecule has 17 heavy (non-hydrogen) atoms. The van der Waals surface area contributed by atoms with Crippen molar-refractivity contribution in [2.45, 2.75) is 37.6 Å². The van der Waals surface area contributed by atoms with E-state index in [1.165, 1.54) is 19.3 Å². The van der Waals surface area contributed by atoms with Gasteiger partial charge in [-0.1, -0.05) is 24.3 Å². The molecular weight excluding hydrogens is 210 g/mol. The number of aryl methyl sites for hydroxylation is 1. The average molecular weight is 233 g/mol. The van der Waals surface area contributed by atoms with Crippen LogP contribution in [0.5, 0.6) is 0 Å². The van der Waals surface area contributed by atoms with Crippen LogP contribution in [0.25, 0.3) is 0 Å². The van der Waals surface area contributed by atoms with Crippen LogP contribution in [0.15, 0.2) is 24.3 Å². The molecule has 2 rings (SSSR count). The minimum absolute atomic E-state index is 0.591. The number of hydrogen-bond donors (Lipinski definition) is 1. The number of rotatable bonds is 6. The Labute approximate surface area is 104 Å². The first-order valence-electron chi connectivity index (χ1n) is 6.61. The summed E-state index contributed by atoms with van der Waals surface area (Å²) in [5, 5.41) is 3.49. The van der Waals surface area contributed by atoms with Gasteiger partial charge in [-0.25, -0.2) is 0 Å². The van der Waals surface area contributed by atoms with Crippen LogP contribution in [-0.4, -0.2) is 26.8 Å². The van der Waals surface area contributed by atoms with Gasteiger partial charge < -0.3 is 10.1 Å². The fourth-order valence-electron chi connectivity index (χ4n) is 3.00. The number of likely N-dealkylation sites (N-methyl/N-ethyl adjacent to an activating group) is 1. The predicted molar refractivity (Wildman–Crippen MR) is 71.5 cm³/mol. The Morgan fingerprint density at radius 1 is 1.41 bits per heavy atom. The number of hydrogen-bond acceptors (Lipinski definition) is 2. The van der Waals surface area contributed by atoms with E-state index in [0.29, 0.717) is 12.0 Å². The highest BCUT2D eigenvalue weighted by Gasteiger charge is 2.28. The van der Waals surface area contributed by atoms with Gasteiger partial charge in [-0.2, -0.15) is 0 Å². The summed E-state index contributed by atoms with van der Waals surface area (Å²) >= 11 is 0. The number of methoxy groups -OCH3 is 1. The number of ether oxygens (including phenoxy) is 1. The Kier molecular flexibility index (Phi) is 4.57. The Balaban J connectivity index is 2.01. The van der Waals surface area contributed by atoms with Gasteiger partial charge in [0.25, 0.3) is 0 Å². The maximum Gasteiger partial charge on any atom is 0.0462 e. The molecule has 0 spiro atoms. The molecule has 2 nitrogen and oxygen atoms in total. The van der Waals surface area contributed by atoms with Crippen molar-refractivity contribution < 1.29 is 4.74 Å². The minimum atomic E-state index is 0.591. The third-order valence-electron chi connectivity index (χ3n) is 3.90. The molecule has 0 aliphatic heterocycles. The highest BCUT2D eigenvalue weighted by atomic mass is 16.5. The van der Waals surface area contributed by atoms with Gasteiger partial charge in [0.1, 0.15) is 0 Å². The maximum atomic E-state index is 5.14. The molecule has 1 aromatic rings. The first-order valence-corrected chi connectivity index (χ1v) is 6.61. The van der Waals surface area contributed by atoms with Gasteiger partial charge in [0.05, 0.1) is 0 Å². The lowest BCUT2D eigenvalue weighted by atomic mass is 9.90. The van der Waals surface area contributed by atoms with Gasteiger partial charge in [-0.3, -0.25) is 0 Å². The SMILES string of the molecule is CNC(CCCOC)C1CCc2ccccc21. The van der Waals surface area contributed by atoms with Gasteiger partial charge in [0, 0.05) is 19.8 Å². The molecule has 1 aromatic carbocycles. The molecule has 0 bridgehead atoms. The lowest BCUT2D eigenvalue weighted by Crippen LogP contribution is -2.31. The summed E-state index contributed by atoms with van der Waals surface area (Å²) in [4.78, 5) is 0. The van der Waals surface area contributed by atoms with Gasteiger partial charge >= 0.3 is 0 Å². The van der Waals surface area contributed by atoms with E-state index in [9.17, 15) is 0 Å². The van der Waals surface area contributed by atoms with Crippen molar-refractivity contribution in [1.82, 2.24) is 5.32 Å². The van der Waals surface area contributed by atoms with E-state index < -0.39 is 0 Å². The Hall–Kier alpha value is -0.860. The summed E-state index contributed by atoms with van der Waals surface area (Å²) in [7, 11) is 3.86. The molecule has 0 fully saturated rings. The molecule has 1 N–H and O–H groups in total. The first-order chi connectivity index (χ1) is 8.36. The van der Waals surface area contributed by atoms with Crippen LogP contribution >= 0.6 is 0 Å². The monoisotopic (exact) mass is 233 g/mol. The number of benzene rings is 1. The third kappa shape index (κ3) is 2.88. The van der Waals surface area contributed by atoms with E-state index in [1.807, 2.05) is 0 Å². The van der Waals surface area contributed by atoms with E-state index in [4.69, 9.17) is 4.74 Å². The van der Waals surface area contributed by atoms with Gasteiger partial charge in [-0.05, 0) is 49.8 Å². The summed E-state index contributed by atoms with van der Waals surface area (Å²) in [5.74, 6) is 0.688. The van der Waals surface area contributed by atoms with E-state index in [-0.39, 0.29) is 0 Å². The second-order valence-electron chi connectivity index (χ2n) is 4.87. The van der Waals surface area contributed by atoms with E-state index >= 15 is 0 Å². The van der Waals surface area contributed by atoms with Crippen LogP contribution in [0.3, 0.4) is 0 Å². The molecule has 0 heterocycles. The Morgan fingerprint density at radius 2 is 2.24 bits per heavy atom. The zero-order valence-corrected chi connectivity index (χ0v) is 10.9. The summed E-state index contributed by atoms with van der Waals surface area (Å²) in [5.41, 5.74) is 3.11. The largest absolute Gasteiger partial charge is 0.385 e. The lowest BCUT2D eigenvalue weighted by molar-refractivity contribution is 0.187. The molecule has 2 heteroatoms. The molecule has 1 aliphatic rings. The number of fused-ring (bicyclic) bond motifs is 1. The molecule has 94 valence electrons. The smallest absolute Gasteiger partial charge is 0.0462 e. The topological polar surface area (TPSA) is 21.3 Å². The van der Waals surface area contributed by atoms with E-state index in [1.54, 1.807) is 18.2 Å². The summed E-state index contributed by atoms with van der Waals surface area (Å²) in [6.07, 6.45) is 4.87. The molecule has 0 radical (unpaired) electrons. The van der Waals surface area contributed by atoms with Gasteiger partial charge in [-0.15, -0.1) is 0 Å². The molecule has 0 saturated heterocycles. The third-order valence-corrected chi connectivity index (χ3v) is 3.90. The first kappa shape index (κ1) is 12.6.